The minimum Gasteiger partial charge on any atom is -0.480 e. The minimum absolute atomic E-state index is 0.0489. The number of carbonyl (C=O) groups excluding carboxylic acids is 1. The quantitative estimate of drug-likeness (QED) is 0.749. The second-order valence-corrected chi connectivity index (χ2v) is 4.29. The van der Waals surface area contributed by atoms with Crippen molar-refractivity contribution in [2.45, 2.75) is 18.6 Å². The molecule has 0 aliphatic carbocycles. The molecule has 1 amide bonds. The molecule has 7 heteroatoms. The summed E-state index contributed by atoms with van der Waals surface area (Å²) in [5.41, 5.74) is 1.74. The summed E-state index contributed by atoms with van der Waals surface area (Å²) in [6, 6.07) is -0.954. The van der Waals surface area contributed by atoms with Crippen LogP contribution in [0.5, 0.6) is 0 Å². The molecule has 6 nitrogen and oxygen atoms in total. The van der Waals surface area contributed by atoms with E-state index in [2.05, 4.69) is 4.98 Å². The third-order valence-electron chi connectivity index (χ3n) is 2.48. The number of hydrogen-bond donors (Lipinski definition) is 2. The lowest BCUT2D eigenvalue weighted by Gasteiger charge is -2.19. The van der Waals surface area contributed by atoms with Crippen molar-refractivity contribution in [3.8, 4) is 0 Å². The number of aromatic nitrogens is 1. The predicted octanol–water partition coefficient (Wildman–Crippen LogP) is -0.197. The first-order chi connectivity index (χ1) is 7.59. The van der Waals surface area contributed by atoms with Crippen LogP contribution in [-0.4, -0.2) is 50.7 Å². The monoisotopic (exact) mass is 242 g/mol. The number of carboxylic acid groups (broad SMARTS) is 1. The summed E-state index contributed by atoms with van der Waals surface area (Å²) < 4.78 is 0. The largest absolute Gasteiger partial charge is 0.480 e. The average Bonchev–Trinajstić information content (AvgIpc) is 2.84. The molecule has 0 saturated carbocycles. The van der Waals surface area contributed by atoms with E-state index in [0.29, 0.717) is 0 Å². The summed E-state index contributed by atoms with van der Waals surface area (Å²) in [5.74, 6) is -1.54. The van der Waals surface area contributed by atoms with Crippen LogP contribution < -0.4 is 0 Å². The number of likely N-dealkylation sites (tertiary alicyclic amines) is 1. The third-order valence-corrected chi connectivity index (χ3v) is 3.06. The van der Waals surface area contributed by atoms with E-state index in [1.807, 2.05) is 0 Å². The van der Waals surface area contributed by atoms with E-state index in [1.165, 1.54) is 16.8 Å². The van der Waals surface area contributed by atoms with Crippen LogP contribution in [0.3, 0.4) is 0 Å². The van der Waals surface area contributed by atoms with Crippen molar-refractivity contribution < 1.29 is 19.8 Å². The maximum Gasteiger partial charge on any atom is 0.326 e. The van der Waals surface area contributed by atoms with E-state index < -0.39 is 24.0 Å². The minimum atomic E-state index is -1.10. The third kappa shape index (κ3) is 1.91. The van der Waals surface area contributed by atoms with Crippen LogP contribution in [0.4, 0.5) is 0 Å². The molecule has 0 unspecified atom stereocenters. The Kier molecular flexibility index (Phi) is 2.88. The second kappa shape index (κ2) is 4.18. The van der Waals surface area contributed by atoms with Gasteiger partial charge in [-0.25, -0.2) is 9.78 Å². The van der Waals surface area contributed by atoms with Crippen molar-refractivity contribution in [2.75, 3.05) is 6.54 Å². The molecule has 1 aliphatic heterocycles. The summed E-state index contributed by atoms with van der Waals surface area (Å²) in [6.07, 6.45) is -0.700. The zero-order valence-electron chi connectivity index (χ0n) is 8.24. The number of rotatable bonds is 2. The lowest BCUT2D eigenvalue weighted by molar-refractivity contribution is -0.141. The fourth-order valence-corrected chi connectivity index (χ4v) is 2.26. The molecule has 86 valence electrons. The topological polar surface area (TPSA) is 90.7 Å². The Hall–Kier alpha value is -1.47. The Morgan fingerprint density at radius 3 is 2.88 bits per heavy atom. The maximum absolute atomic E-state index is 11.9. The van der Waals surface area contributed by atoms with Crippen LogP contribution in [-0.2, 0) is 4.79 Å². The molecular formula is C9H10N2O4S. The molecule has 2 heterocycles. The molecule has 16 heavy (non-hydrogen) atoms. The molecule has 0 aromatic carbocycles. The fourth-order valence-electron chi connectivity index (χ4n) is 1.74. The molecule has 1 aromatic heterocycles. The van der Waals surface area contributed by atoms with Gasteiger partial charge in [-0.1, -0.05) is 0 Å². The van der Waals surface area contributed by atoms with Crippen LogP contribution in [0.1, 0.15) is 16.9 Å². The Morgan fingerprint density at radius 1 is 1.56 bits per heavy atom. The van der Waals surface area contributed by atoms with Crippen LogP contribution in [0.15, 0.2) is 10.9 Å². The molecule has 2 rings (SSSR count). The zero-order valence-corrected chi connectivity index (χ0v) is 9.05. The van der Waals surface area contributed by atoms with Crippen molar-refractivity contribution in [2.24, 2.45) is 0 Å². The molecule has 1 fully saturated rings. The predicted molar refractivity (Wildman–Crippen MR) is 55.2 cm³/mol. The highest BCUT2D eigenvalue weighted by Crippen LogP contribution is 2.20. The van der Waals surface area contributed by atoms with E-state index in [9.17, 15) is 14.7 Å². The van der Waals surface area contributed by atoms with Gasteiger partial charge in [-0.15, -0.1) is 11.3 Å². The van der Waals surface area contributed by atoms with E-state index in [0.717, 1.165) is 4.90 Å². The molecule has 0 bridgehead atoms. The zero-order chi connectivity index (χ0) is 11.7. The first kappa shape index (κ1) is 11.0. The van der Waals surface area contributed by atoms with Crippen LogP contribution in [0.2, 0.25) is 0 Å². The van der Waals surface area contributed by atoms with Gasteiger partial charge in [0, 0.05) is 18.3 Å². The summed E-state index contributed by atoms with van der Waals surface area (Å²) in [5, 5.41) is 19.9. The standard InChI is InChI=1S/C9H10N2O4S/c12-5-1-7(9(14)15)11(2-5)8(13)6-3-16-4-10-6/h3-5,7,12H,1-2H2,(H,14,15)/t5-,7-/m1/s1. The summed E-state index contributed by atoms with van der Waals surface area (Å²) in [4.78, 5) is 27.8. The number of hydrogen-bond acceptors (Lipinski definition) is 5. The Morgan fingerprint density at radius 2 is 2.31 bits per heavy atom. The van der Waals surface area contributed by atoms with Crippen molar-refractivity contribution in [3.05, 3.63) is 16.6 Å². The highest BCUT2D eigenvalue weighted by Gasteiger charge is 2.39. The lowest BCUT2D eigenvalue weighted by atomic mass is 10.2. The van der Waals surface area contributed by atoms with E-state index in [1.54, 1.807) is 5.38 Å². The normalized spacial score (nSPS) is 24.7. The van der Waals surface area contributed by atoms with Gasteiger partial charge in [-0.05, 0) is 0 Å². The van der Waals surface area contributed by atoms with Crippen molar-refractivity contribution in [1.29, 1.82) is 0 Å². The summed E-state index contributed by atoms with van der Waals surface area (Å²) >= 11 is 1.27. The van der Waals surface area contributed by atoms with E-state index in [-0.39, 0.29) is 18.7 Å². The molecule has 1 aromatic rings. The van der Waals surface area contributed by atoms with Gasteiger partial charge < -0.3 is 15.1 Å². The Labute approximate surface area is 95.1 Å². The Balaban J connectivity index is 2.20. The van der Waals surface area contributed by atoms with E-state index in [4.69, 9.17) is 5.11 Å². The van der Waals surface area contributed by atoms with Crippen molar-refractivity contribution in [3.63, 3.8) is 0 Å². The van der Waals surface area contributed by atoms with Crippen molar-refractivity contribution in [1.82, 2.24) is 9.88 Å². The van der Waals surface area contributed by atoms with Gasteiger partial charge in [0.1, 0.15) is 11.7 Å². The maximum atomic E-state index is 11.9. The highest BCUT2D eigenvalue weighted by atomic mass is 32.1. The number of carboxylic acids is 1. The number of amides is 1. The van der Waals surface area contributed by atoms with Gasteiger partial charge in [0.05, 0.1) is 11.6 Å². The van der Waals surface area contributed by atoms with Gasteiger partial charge in [0.2, 0.25) is 0 Å². The van der Waals surface area contributed by atoms with Crippen molar-refractivity contribution >= 4 is 23.2 Å². The number of aliphatic hydroxyl groups excluding tert-OH is 1. The molecule has 1 aliphatic rings. The fraction of sp³-hybridized carbons (Fsp3) is 0.444. The van der Waals surface area contributed by atoms with Crippen LogP contribution in [0.25, 0.3) is 0 Å². The smallest absolute Gasteiger partial charge is 0.326 e. The van der Waals surface area contributed by atoms with Crippen LogP contribution in [0, 0.1) is 0 Å². The summed E-state index contributed by atoms with van der Waals surface area (Å²) in [7, 11) is 0. The van der Waals surface area contributed by atoms with Crippen LogP contribution >= 0.6 is 11.3 Å². The first-order valence-corrected chi connectivity index (χ1v) is 5.64. The molecule has 0 spiro atoms. The molecule has 2 atom stereocenters. The number of thiazole rings is 1. The molecular weight excluding hydrogens is 232 g/mol. The number of β-amino-alcohol motifs (C(OH)–C–C–N with tert-alkyl or cyclic N) is 1. The Bertz CT molecular complexity index is 406. The van der Waals surface area contributed by atoms with Gasteiger partial charge in [0.15, 0.2) is 0 Å². The lowest BCUT2D eigenvalue weighted by Crippen LogP contribution is -2.40. The van der Waals surface area contributed by atoms with Gasteiger partial charge in [-0.3, -0.25) is 4.79 Å². The number of nitrogens with zero attached hydrogens (tertiary/aromatic N) is 2. The number of aliphatic hydroxyl groups is 1. The summed E-state index contributed by atoms with van der Waals surface area (Å²) in [6.45, 7) is 0.0489. The molecule has 2 N–H and O–H groups in total. The average molecular weight is 242 g/mol. The van der Waals surface area contributed by atoms with Gasteiger partial charge >= 0.3 is 5.97 Å². The number of aliphatic carboxylic acids is 1. The highest BCUT2D eigenvalue weighted by molar-refractivity contribution is 7.07. The molecule has 0 radical (unpaired) electrons. The van der Waals surface area contributed by atoms with E-state index >= 15 is 0 Å². The van der Waals surface area contributed by atoms with Gasteiger partial charge in [-0.2, -0.15) is 0 Å². The SMILES string of the molecule is O=C(O)[C@H]1C[C@@H](O)CN1C(=O)c1cscn1. The second-order valence-electron chi connectivity index (χ2n) is 3.57. The first-order valence-electron chi connectivity index (χ1n) is 4.69. The van der Waals surface area contributed by atoms with Gasteiger partial charge in [0.25, 0.3) is 5.91 Å². The number of carbonyl (C=O) groups is 2. The molecule has 1 saturated heterocycles.